The minimum absolute atomic E-state index is 0.0249. The molecule has 0 fully saturated rings. The number of benzene rings is 2. The van der Waals surface area contributed by atoms with Gasteiger partial charge in [0.2, 0.25) is 0 Å². The zero-order chi connectivity index (χ0) is 13.1. The Morgan fingerprint density at radius 2 is 1.50 bits per heavy atom. The molecule has 0 heterocycles. The van der Waals surface area contributed by atoms with Crippen LogP contribution in [0.2, 0.25) is 5.02 Å². The summed E-state index contributed by atoms with van der Waals surface area (Å²) in [4.78, 5) is 0.808. The van der Waals surface area contributed by atoms with E-state index < -0.39 is 17.5 Å². The summed E-state index contributed by atoms with van der Waals surface area (Å²) in [6.07, 6.45) is 0. The molecule has 0 N–H and O–H groups in total. The van der Waals surface area contributed by atoms with Crippen molar-refractivity contribution in [1.29, 1.82) is 0 Å². The topological polar surface area (TPSA) is 0 Å². The number of rotatable bonds is 3. The standard InChI is InChI=1S/C13H8ClF3S/c14-8-1-3-9(4-2-8)18-7-10-11(15)5-6-12(16)13(10)17/h1-6H,7H2. The Hall–Kier alpha value is -1.13. The minimum atomic E-state index is -1.13. The third kappa shape index (κ3) is 3.00. The van der Waals surface area contributed by atoms with Gasteiger partial charge in [0.25, 0.3) is 0 Å². The van der Waals surface area contributed by atoms with Gasteiger partial charge in [0, 0.05) is 21.2 Å². The monoisotopic (exact) mass is 288 g/mol. The van der Waals surface area contributed by atoms with Crippen molar-refractivity contribution >= 4 is 23.4 Å². The second-order valence-corrected chi connectivity index (χ2v) is 5.05. The summed E-state index contributed by atoms with van der Waals surface area (Å²) in [5.74, 6) is -2.88. The summed E-state index contributed by atoms with van der Waals surface area (Å²) in [5, 5.41) is 0.586. The van der Waals surface area contributed by atoms with Crippen molar-refractivity contribution in [3.63, 3.8) is 0 Å². The molecular weight excluding hydrogens is 281 g/mol. The lowest BCUT2D eigenvalue weighted by atomic mass is 10.2. The Labute approximate surface area is 112 Å². The molecule has 2 rings (SSSR count). The first-order valence-electron chi connectivity index (χ1n) is 5.08. The summed E-state index contributed by atoms with van der Waals surface area (Å²) in [7, 11) is 0. The molecule has 0 aliphatic heterocycles. The molecule has 0 nitrogen and oxygen atoms in total. The molecule has 0 bridgehead atoms. The lowest BCUT2D eigenvalue weighted by Crippen LogP contribution is -1.97. The van der Waals surface area contributed by atoms with Gasteiger partial charge in [-0.15, -0.1) is 11.8 Å². The highest BCUT2D eigenvalue weighted by Crippen LogP contribution is 2.27. The van der Waals surface area contributed by atoms with E-state index in [0.29, 0.717) is 5.02 Å². The van der Waals surface area contributed by atoms with Crippen molar-refractivity contribution < 1.29 is 13.2 Å². The average molecular weight is 289 g/mol. The molecule has 18 heavy (non-hydrogen) atoms. The molecule has 0 atom stereocenters. The first-order chi connectivity index (χ1) is 8.58. The first kappa shape index (κ1) is 13.3. The van der Waals surface area contributed by atoms with Gasteiger partial charge in [-0.1, -0.05) is 11.6 Å². The molecule has 0 aliphatic rings. The van der Waals surface area contributed by atoms with Gasteiger partial charge < -0.3 is 0 Å². The van der Waals surface area contributed by atoms with Gasteiger partial charge in [-0.3, -0.25) is 0 Å². The van der Waals surface area contributed by atoms with E-state index in [-0.39, 0.29) is 11.3 Å². The Balaban J connectivity index is 2.15. The van der Waals surface area contributed by atoms with Crippen LogP contribution in [-0.2, 0) is 5.75 Å². The van der Waals surface area contributed by atoms with Crippen molar-refractivity contribution in [3.05, 3.63) is 64.4 Å². The third-order valence-corrected chi connectivity index (χ3v) is 3.63. The van der Waals surface area contributed by atoms with Crippen LogP contribution < -0.4 is 0 Å². The van der Waals surface area contributed by atoms with Crippen LogP contribution in [0.25, 0.3) is 0 Å². The zero-order valence-electron chi connectivity index (χ0n) is 9.09. The largest absolute Gasteiger partial charge is 0.207 e. The van der Waals surface area contributed by atoms with Crippen molar-refractivity contribution in [1.82, 2.24) is 0 Å². The molecule has 2 aromatic rings. The fourth-order valence-corrected chi connectivity index (χ4v) is 2.42. The van der Waals surface area contributed by atoms with Gasteiger partial charge in [-0.25, -0.2) is 13.2 Å². The van der Waals surface area contributed by atoms with Crippen LogP contribution in [0, 0.1) is 17.5 Å². The molecular formula is C13H8ClF3S. The van der Waals surface area contributed by atoms with E-state index in [4.69, 9.17) is 11.6 Å². The second kappa shape index (κ2) is 5.67. The number of hydrogen-bond donors (Lipinski definition) is 0. The molecule has 2 aromatic carbocycles. The summed E-state index contributed by atoms with van der Waals surface area (Å²) in [6, 6.07) is 8.55. The van der Waals surface area contributed by atoms with Crippen molar-refractivity contribution in [3.8, 4) is 0 Å². The summed E-state index contributed by atoms with van der Waals surface area (Å²) >= 11 is 6.94. The lowest BCUT2D eigenvalue weighted by Gasteiger charge is -2.05. The smallest absolute Gasteiger partial charge is 0.165 e. The quantitative estimate of drug-likeness (QED) is 0.562. The maximum absolute atomic E-state index is 13.4. The summed E-state index contributed by atoms with van der Waals surface area (Å²) in [5.41, 5.74) is -0.255. The molecule has 0 spiro atoms. The predicted molar refractivity (Wildman–Crippen MR) is 67.3 cm³/mol. The minimum Gasteiger partial charge on any atom is -0.207 e. The molecule has 0 amide bonds. The highest BCUT2D eigenvalue weighted by Gasteiger charge is 2.13. The normalized spacial score (nSPS) is 10.7. The van der Waals surface area contributed by atoms with E-state index in [1.54, 1.807) is 24.3 Å². The Morgan fingerprint density at radius 3 is 2.17 bits per heavy atom. The van der Waals surface area contributed by atoms with E-state index in [0.717, 1.165) is 17.0 Å². The van der Waals surface area contributed by atoms with Crippen LogP contribution in [0.3, 0.4) is 0 Å². The molecule has 0 radical (unpaired) electrons. The van der Waals surface area contributed by atoms with Crippen molar-refractivity contribution in [2.24, 2.45) is 0 Å². The van der Waals surface area contributed by atoms with E-state index >= 15 is 0 Å². The van der Waals surface area contributed by atoms with Crippen molar-refractivity contribution in [2.45, 2.75) is 10.6 Å². The van der Waals surface area contributed by atoms with E-state index in [2.05, 4.69) is 0 Å². The van der Waals surface area contributed by atoms with Crippen LogP contribution in [0.4, 0.5) is 13.2 Å². The molecule has 0 saturated carbocycles. The maximum Gasteiger partial charge on any atom is 0.165 e. The Morgan fingerprint density at radius 1 is 0.889 bits per heavy atom. The maximum atomic E-state index is 13.4. The first-order valence-corrected chi connectivity index (χ1v) is 6.45. The van der Waals surface area contributed by atoms with Gasteiger partial charge in [0.05, 0.1) is 0 Å². The van der Waals surface area contributed by atoms with Gasteiger partial charge in [-0.2, -0.15) is 0 Å². The fourth-order valence-electron chi connectivity index (χ4n) is 1.39. The molecule has 5 heteroatoms. The molecule has 0 saturated heterocycles. The van der Waals surface area contributed by atoms with E-state index in [1.165, 1.54) is 11.8 Å². The van der Waals surface area contributed by atoms with Crippen LogP contribution in [0.5, 0.6) is 0 Å². The molecule has 0 aromatic heterocycles. The average Bonchev–Trinajstić information content (AvgIpc) is 2.36. The van der Waals surface area contributed by atoms with E-state index in [9.17, 15) is 13.2 Å². The van der Waals surface area contributed by atoms with E-state index in [1.807, 2.05) is 0 Å². The Kier molecular flexibility index (Phi) is 4.19. The van der Waals surface area contributed by atoms with Gasteiger partial charge in [0.1, 0.15) is 5.82 Å². The third-order valence-electron chi connectivity index (χ3n) is 2.34. The van der Waals surface area contributed by atoms with Crippen LogP contribution in [0.1, 0.15) is 5.56 Å². The summed E-state index contributed by atoms with van der Waals surface area (Å²) in [6.45, 7) is 0. The SMILES string of the molecule is Fc1ccc(F)c(CSc2ccc(Cl)cc2)c1F. The molecule has 0 unspecified atom stereocenters. The van der Waals surface area contributed by atoms with Gasteiger partial charge in [-0.05, 0) is 36.4 Å². The summed E-state index contributed by atoms with van der Waals surface area (Å²) < 4.78 is 39.7. The van der Waals surface area contributed by atoms with Crippen LogP contribution >= 0.6 is 23.4 Å². The van der Waals surface area contributed by atoms with Gasteiger partial charge >= 0.3 is 0 Å². The second-order valence-electron chi connectivity index (χ2n) is 3.56. The van der Waals surface area contributed by atoms with Crippen LogP contribution in [-0.4, -0.2) is 0 Å². The number of thioether (sulfide) groups is 1. The lowest BCUT2D eigenvalue weighted by molar-refractivity contribution is 0.485. The highest BCUT2D eigenvalue weighted by molar-refractivity contribution is 7.98. The van der Waals surface area contributed by atoms with Crippen molar-refractivity contribution in [2.75, 3.05) is 0 Å². The number of halogens is 4. The molecule has 0 aliphatic carbocycles. The Bertz CT molecular complexity index is 555. The van der Waals surface area contributed by atoms with Crippen LogP contribution in [0.15, 0.2) is 41.3 Å². The van der Waals surface area contributed by atoms with Gasteiger partial charge in [0.15, 0.2) is 11.6 Å². The zero-order valence-corrected chi connectivity index (χ0v) is 10.7. The number of hydrogen-bond acceptors (Lipinski definition) is 1. The fraction of sp³-hybridized carbons (Fsp3) is 0.0769. The molecule has 94 valence electrons. The predicted octanol–water partition coefficient (Wildman–Crippen LogP) is 5.05. The highest BCUT2D eigenvalue weighted by atomic mass is 35.5.